The Balaban J connectivity index is 2.73. The molecule has 384 valence electrons. The van der Waals surface area contributed by atoms with E-state index < -0.39 is 91.3 Å². The molecule has 1 aliphatic rings. The molecule has 1 rings (SSSR count). The van der Waals surface area contributed by atoms with Gasteiger partial charge in [0.15, 0.2) is 6.10 Å². The van der Waals surface area contributed by atoms with Gasteiger partial charge in [-0.15, -0.1) is 0 Å². The van der Waals surface area contributed by atoms with E-state index in [0.717, 1.165) is 77.0 Å². The molecule has 1 aliphatic carbocycles. The van der Waals surface area contributed by atoms with Gasteiger partial charge in [-0.1, -0.05) is 154 Å². The van der Waals surface area contributed by atoms with Gasteiger partial charge in [0, 0.05) is 12.8 Å². The maximum absolute atomic E-state index is 13.1. The van der Waals surface area contributed by atoms with Crippen LogP contribution in [-0.2, 0) is 50.9 Å². The number of phosphoric acid groups is 3. The molecular weight excluding hydrogens is 913 g/mol. The van der Waals surface area contributed by atoms with Gasteiger partial charge in [-0.2, -0.15) is 0 Å². The van der Waals surface area contributed by atoms with Gasteiger partial charge in [-0.25, -0.2) is 13.7 Å². The van der Waals surface area contributed by atoms with Crippen LogP contribution in [0.4, 0.5) is 0 Å². The number of aliphatic hydroxyl groups is 3. The molecule has 5 unspecified atom stereocenters. The van der Waals surface area contributed by atoms with Gasteiger partial charge in [0.25, 0.3) is 0 Å². The number of hydrogen-bond acceptors (Lipinski definition) is 14. The predicted octanol–water partition coefficient (Wildman–Crippen LogP) is 8.51. The number of aliphatic hydroxyl groups excluding tert-OH is 3. The molecule has 65 heavy (non-hydrogen) atoms. The average Bonchev–Trinajstić information content (AvgIpc) is 3.23. The first-order valence-electron chi connectivity index (χ1n) is 24.0. The zero-order valence-electron chi connectivity index (χ0n) is 38.8. The van der Waals surface area contributed by atoms with E-state index in [9.17, 15) is 63.1 Å². The Labute approximate surface area is 386 Å². The molecular formula is C43H83O19P3. The highest BCUT2D eigenvalue weighted by molar-refractivity contribution is 7.47. The van der Waals surface area contributed by atoms with Crippen LogP contribution in [0.25, 0.3) is 0 Å². The quantitative estimate of drug-likeness (QED) is 0.0123. The van der Waals surface area contributed by atoms with Crippen molar-refractivity contribution in [3.8, 4) is 0 Å². The monoisotopic (exact) mass is 996 g/mol. The summed E-state index contributed by atoms with van der Waals surface area (Å²) in [7, 11) is -16.6. The molecule has 0 aromatic heterocycles. The average molecular weight is 997 g/mol. The van der Waals surface area contributed by atoms with E-state index in [1.54, 1.807) is 0 Å². The molecule has 0 saturated heterocycles. The minimum Gasteiger partial charge on any atom is -0.462 e. The predicted molar refractivity (Wildman–Crippen MR) is 243 cm³/mol. The summed E-state index contributed by atoms with van der Waals surface area (Å²) in [6, 6.07) is 0. The lowest BCUT2D eigenvalue weighted by Crippen LogP contribution is -2.65. The van der Waals surface area contributed by atoms with E-state index in [1.807, 2.05) is 0 Å². The van der Waals surface area contributed by atoms with Crippen LogP contribution < -0.4 is 0 Å². The van der Waals surface area contributed by atoms with E-state index in [0.29, 0.717) is 12.8 Å². The molecule has 0 heterocycles. The third-order valence-electron chi connectivity index (χ3n) is 11.1. The summed E-state index contributed by atoms with van der Waals surface area (Å²) in [4.78, 5) is 73.2. The lowest BCUT2D eigenvalue weighted by molar-refractivity contribution is -0.213. The van der Waals surface area contributed by atoms with Gasteiger partial charge in [-0.3, -0.25) is 27.7 Å². The van der Waals surface area contributed by atoms with Gasteiger partial charge in [0.2, 0.25) is 0 Å². The zero-order valence-corrected chi connectivity index (χ0v) is 41.5. The van der Waals surface area contributed by atoms with E-state index in [4.69, 9.17) is 18.5 Å². The Hall–Kier alpha value is -1.11. The van der Waals surface area contributed by atoms with Crippen LogP contribution in [0.1, 0.15) is 194 Å². The molecule has 22 heteroatoms. The number of phosphoric ester groups is 3. The fourth-order valence-electron chi connectivity index (χ4n) is 7.46. The maximum Gasteiger partial charge on any atom is 0.472 e. The number of hydrogen-bond donors (Lipinski definition) is 8. The molecule has 8 atom stereocenters. The van der Waals surface area contributed by atoms with E-state index in [-0.39, 0.29) is 12.8 Å². The molecule has 0 bridgehead atoms. The number of esters is 2. The van der Waals surface area contributed by atoms with Gasteiger partial charge in [0.1, 0.15) is 43.2 Å². The van der Waals surface area contributed by atoms with Crippen molar-refractivity contribution >= 4 is 35.4 Å². The fourth-order valence-corrected chi connectivity index (χ4v) is 9.56. The second kappa shape index (κ2) is 35.9. The van der Waals surface area contributed by atoms with Crippen LogP contribution in [-0.4, -0.2) is 108 Å². The number of ether oxygens (including phenoxy) is 2. The summed E-state index contributed by atoms with van der Waals surface area (Å²) in [6.45, 7) is 2.93. The summed E-state index contributed by atoms with van der Waals surface area (Å²) in [5.41, 5.74) is 0. The number of rotatable bonds is 41. The van der Waals surface area contributed by atoms with Crippen LogP contribution in [0.3, 0.4) is 0 Å². The smallest absolute Gasteiger partial charge is 0.462 e. The molecule has 0 radical (unpaired) electrons. The van der Waals surface area contributed by atoms with Gasteiger partial charge < -0.3 is 49.3 Å². The van der Waals surface area contributed by atoms with Gasteiger partial charge in [-0.05, 0) is 38.5 Å². The molecule has 0 aliphatic heterocycles. The Kier molecular flexibility index (Phi) is 34.2. The molecule has 19 nitrogen and oxygen atoms in total. The van der Waals surface area contributed by atoms with Crippen molar-refractivity contribution < 1.29 is 90.6 Å². The minimum absolute atomic E-state index is 0.00308. The summed E-state index contributed by atoms with van der Waals surface area (Å²) in [5.74, 6) is -1.29. The lowest BCUT2D eigenvalue weighted by atomic mass is 9.85. The highest BCUT2D eigenvalue weighted by atomic mass is 31.2. The van der Waals surface area contributed by atoms with E-state index in [2.05, 4.69) is 35.0 Å². The van der Waals surface area contributed by atoms with Crippen molar-refractivity contribution in [2.24, 2.45) is 0 Å². The van der Waals surface area contributed by atoms with Crippen LogP contribution in [0.15, 0.2) is 12.2 Å². The first-order valence-corrected chi connectivity index (χ1v) is 28.5. The molecule has 1 fully saturated rings. The Bertz CT molecular complexity index is 1420. The SMILES string of the molecule is CCCCCC/C=C\CCCCCCCCCC(=O)O[C@H](COC(=O)CCCCCCCCCCCCCCC)COP(=O)(O)O[C@H]1C(O)C(O)C(OP(=O)(O)O)[C@@H](OP(=O)(O)O)C1O. The van der Waals surface area contributed by atoms with Crippen LogP contribution in [0, 0.1) is 0 Å². The topological polar surface area (TPSA) is 303 Å². The van der Waals surface area contributed by atoms with Crippen molar-refractivity contribution in [1.82, 2.24) is 0 Å². The number of carbonyl (C=O) groups is 2. The summed E-state index contributed by atoms with van der Waals surface area (Å²) >= 11 is 0. The number of unbranched alkanes of at least 4 members (excludes halogenated alkanes) is 23. The Morgan fingerprint density at radius 1 is 0.477 bits per heavy atom. The number of carbonyl (C=O) groups excluding carboxylic acids is 2. The van der Waals surface area contributed by atoms with Crippen molar-refractivity contribution in [1.29, 1.82) is 0 Å². The van der Waals surface area contributed by atoms with Crippen LogP contribution in [0.2, 0.25) is 0 Å². The fraction of sp³-hybridized carbons (Fsp3) is 0.907. The van der Waals surface area contributed by atoms with Crippen molar-refractivity contribution in [2.75, 3.05) is 13.2 Å². The summed E-state index contributed by atoms with van der Waals surface area (Å²) in [5, 5.41) is 31.9. The Morgan fingerprint density at radius 3 is 1.29 bits per heavy atom. The Morgan fingerprint density at radius 2 is 0.846 bits per heavy atom. The maximum atomic E-state index is 13.1. The van der Waals surface area contributed by atoms with E-state index >= 15 is 0 Å². The molecule has 0 amide bonds. The van der Waals surface area contributed by atoms with Crippen molar-refractivity contribution in [2.45, 2.75) is 236 Å². The second-order valence-electron chi connectivity index (χ2n) is 17.0. The highest BCUT2D eigenvalue weighted by Gasteiger charge is 2.56. The van der Waals surface area contributed by atoms with Crippen LogP contribution in [0.5, 0.6) is 0 Å². The molecule has 8 N–H and O–H groups in total. The third-order valence-corrected chi connectivity index (χ3v) is 13.1. The van der Waals surface area contributed by atoms with E-state index in [1.165, 1.54) is 77.0 Å². The first kappa shape index (κ1) is 61.9. The van der Waals surface area contributed by atoms with Crippen LogP contribution >= 0.6 is 23.5 Å². The van der Waals surface area contributed by atoms with Crippen molar-refractivity contribution in [3.05, 3.63) is 12.2 Å². The summed E-state index contributed by atoms with van der Waals surface area (Å²) in [6.07, 6.45) is 16.6. The minimum atomic E-state index is -5.60. The largest absolute Gasteiger partial charge is 0.472 e. The van der Waals surface area contributed by atoms with Gasteiger partial charge in [0.05, 0.1) is 6.61 Å². The third kappa shape index (κ3) is 32.4. The normalized spacial score (nSPS) is 21.9. The number of allylic oxidation sites excluding steroid dienone is 2. The molecule has 0 aromatic rings. The standard InChI is InChI=1S/C43H83O19P3/c1-3-5-7-9-11-13-15-17-18-20-22-24-26-28-30-32-37(45)59-35(33-57-36(44)31-29-27-25-23-21-19-16-14-12-10-8-6-4-2)34-58-65(55,56)62-41-38(46)39(47)42(60-63(49,50)51)43(40(41)48)61-64(52,53)54/h13,15,35,38-43,46-48H,3-12,14,16-34H2,1-2H3,(H,55,56)(H2,49,50,51)(H2,52,53,54)/b15-13-/t35-,38?,39?,40?,41+,42?,43+/m1/s1. The molecule has 0 aromatic carbocycles. The molecule has 1 saturated carbocycles. The highest BCUT2D eigenvalue weighted by Crippen LogP contribution is 2.51. The molecule has 0 spiro atoms. The van der Waals surface area contributed by atoms with Crippen molar-refractivity contribution in [3.63, 3.8) is 0 Å². The first-order chi connectivity index (χ1) is 30.8. The second-order valence-corrected chi connectivity index (χ2v) is 20.8. The lowest BCUT2D eigenvalue weighted by Gasteiger charge is -2.44. The zero-order chi connectivity index (χ0) is 48.6. The summed E-state index contributed by atoms with van der Waals surface area (Å²) < 4.78 is 65.4. The van der Waals surface area contributed by atoms with Gasteiger partial charge >= 0.3 is 35.4 Å².